The molecule has 0 N–H and O–H groups in total. The van der Waals surface area contributed by atoms with E-state index in [1.54, 1.807) is 0 Å². The minimum absolute atomic E-state index is 0.00788. The number of benzene rings is 1. The van der Waals surface area contributed by atoms with Gasteiger partial charge in [-0.25, -0.2) is 0 Å². The van der Waals surface area contributed by atoms with Crippen molar-refractivity contribution in [2.75, 3.05) is 4.90 Å². The van der Waals surface area contributed by atoms with Crippen LogP contribution in [0, 0.1) is 10.1 Å². The van der Waals surface area contributed by atoms with Crippen LogP contribution < -0.4 is 4.90 Å². The van der Waals surface area contributed by atoms with Gasteiger partial charge >= 0.3 is 0 Å². The van der Waals surface area contributed by atoms with E-state index in [1.165, 1.54) is 17.0 Å². The van der Waals surface area contributed by atoms with Crippen molar-refractivity contribution in [3.8, 4) is 0 Å². The molecule has 1 aromatic carbocycles. The van der Waals surface area contributed by atoms with Crippen LogP contribution in [-0.2, 0) is 11.3 Å². The van der Waals surface area contributed by atoms with E-state index in [0.29, 0.717) is 15.7 Å². The average molecular weight is 325 g/mol. The highest BCUT2D eigenvalue weighted by molar-refractivity contribution is 7.10. The Labute approximate surface area is 126 Å². The molecule has 21 heavy (non-hydrogen) atoms. The third kappa shape index (κ3) is 2.16. The molecule has 1 aliphatic heterocycles. The van der Waals surface area contributed by atoms with Crippen molar-refractivity contribution in [1.29, 1.82) is 0 Å². The number of fused-ring (bicyclic) bond motifs is 1. The van der Waals surface area contributed by atoms with E-state index in [4.69, 9.17) is 11.6 Å². The highest BCUT2D eigenvalue weighted by atomic mass is 35.5. The number of nitro benzene ring substituents is 1. The second-order valence-electron chi connectivity index (χ2n) is 4.17. The van der Waals surface area contributed by atoms with Gasteiger partial charge in [-0.05, 0) is 6.07 Å². The number of carbonyl (C=O) groups is 2. The van der Waals surface area contributed by atoms with E-state index in [2.05, 4.69) is 9.59 Å². The number of Topliss-reactive ketones (excluding diaryl/α,β-unsaturated/α-hetero) is 1. The Morgan fingerprint density at radius 2 is 2.14 bits per heavy atom. The third-order valence-corrected chi connectivity index (χ3v) is 3.97. The number of nitro groups is 1. The molecule has 0 saturated carbocycles. The van der Waals surface area contributed by atoms with Crippen molar-refractivity contribution in [2.24, 2.45) is 0 Å². The predicted octanol–water partition coefficient (Wildman–Crippen LogP) is 1.83. The molecule has 10 heteroatoms. The van der Waals surface area contributed by atoms with Gasteiger partial charge in [0.2, 0.25) is 0 Å². The summed E-state index contributed by atoms with van der Waals surface area (Å²) >= 11 is 6.85. The molecule has 1 aliphatic rings. The van der Waals surface area contributed by atoms with Crippen molar-refractivity contribution < 1.29 is 14.5 Å². The molecular weight excluding hydrogens is 320 g/mol. The second-order valence-corrected chi connectivity index (χ2v) is 5.53. The molecule has 8 nitrogen and oxygen atoms in total. The van der Waals surface area contributed by atoms with Crippen LogP contribution in [0.4, 0.5) is 11.4 Å². The smallest absolute Gasteiger partial charge is 0.299 e. The van der Waals surface area contributed by atoms with Gasteiger partial charge in [0, 0.05) is 23.7 Å². The highest BCUT2D eigenvalue weighted by Crippen LogP contribution is 2.33. The fourth-order valence-electron chi connectivity index (χ4n) is 2.00. The lowest BCUT2D eigenvalue weighted by Crippen LogP contribution is -2.29. The topological polar surface area (TPSA) is 106 Å². The zero-order valence-corrected chi connectivity index (χ0v) is 11.7. The Hall–Kier alpha value is -2.39. The maximum Gasteiger partial charge on any atom is 0.299 e. The molecule has 106 valence electrons. The minimum atomic E-state index is -0.784. The second kappa shape index (κ2) is 4.86. The molecule has 1 aromatic heterocycles. The van der Waals surface area contributed by atoms with Crippen LogP contribution in [0.1, 0.15) is 16.1 Å². The van der Waals surface area contributed by atoms with Crippen molar-refractivity contribution in [1.82, 2.24) is 9.59 Å². The predicted molar refractivity (Wildman–Crippen MR) is 73.5 cm³/mol. The van der Waals surface area contributed by atoms with Crippen LogP contribution in [0.15, 0.2) is 18.2 Å². The van der Waals surface area contributed by atoms with Crippen LogP contribution >= 0.6 is 23.1 Å². The molecule has 3 rings (SSSR count). The van der Waals surface area contributed by atoms with Gasteiger partial charge in [0.25, 0.3) is 17.4 Å². The van der Waals surface area contributed by atoms with Gasteiger partial charge in [-0.15, -0.1) is 5.10 Å². The summed E-state index contributed by atoms with van der Waals surface area (Å²) in [5.41, 5.74) is 0.437. The van der Waals surface area contributed by atoms with Gasteiger partial charge in [-0.3, -0.25) is 24.6 Å². The first kappa shape index (κ1) is 13.6. The van der Waals surface area contributed by atoms with Crippen LogP contribution in [0.3, 0.4) is 0 Å². The number of amides is 1. The summed E-state index contributed by atoms with van der Waals surface area (Å²) in [6, 6.07) is 3.69. The summed E-state index contributed by atoms with van der Waals surface area (Å²) in [7, 11) is 0. The summed E-state index contributed by atoms with van der Waals surface area (Å²) in [5, 5.41) is 14.5. The van der Waals surface area contributed by atoms with Gasteiger partial charge in [0.15, 0.2) is 0 Å². The van der Waals surface area contributed by atoms with E-state index in [-0.39, 0.29) is 17.8 Å². The Kier molecular flexibility index (Phi) is 3.15. The fourth-order valence-corrected chi connectivity index (χ4v) is 2.61. The van der Waals surface area contributed by atoms with Crippen molar-refractivity contribution >= 4 is 46.2 Å². The zero-order valence-electron chi connectivity index (χ0n) is 10.1. The molecule has 0 saturated heterocycles. The lowest BCUT2D eigenvalue weighted by atomic mass is 10.1. The number of anilines is 1. The SMILES string of the molecule is O=C1C(=O)N(Cc2nnsc2Cl)c2ccc([N+](=O)[O-])cc21. The van der Waals surface area contributed by atoms with Crippen LogP contribution in [0.5, 0.6) is 0 Å². The maximum absolute atomic E-state index is 12.0. The van der Waals surface area contributed by atoms with Crippen molar-refractivity contribution in [2.45, 2.75) is 6.54 Å². The zero-order chi connectivity index (χ0) is 15.1. The number of halogens is 1. The van der Waals surface area contributed by atoms with E-state index in [9.17, 15) is 19.7 Å². The lowest BCUT2D eigenvalue weighted by molar-refractivity contribution is -0.384. The molecule has 0 radical (unpaired) electrons. The summed E-state index contributed by atoms with van der Waals surface area (Å²) in [4.78, 5) is 35.2. The Morgan fingerprint density at radius 3 is 2.76 bits per heavy atom. The average Bonchev–Trinajstić information content (AvgIpc) is 2.96. The number of non-ortho nitro benzene ring substituents is 1. The van der Waals surface area contributed by atoms with Gasteiger partial charge < -0.3 is 0 Å². The number of rotatable bonds is 3. The molecule has 2 aromatic rings. The van der Waals surface area contributed by atoms with Crippen LogP contribution in [-0.4, -0.2) is 26.2 Å². The van der Waals surface area contributed by atoms with Crippen LogP contribution in [0.25, 0.3) is 0 Å². The van der Waals surface area contributed by atoms with E-state index in [0.717, 1.165) is 17.6 Å². The first-order valence-electron chi connectivity index (χ1n) is 5.60. The van der Waals surface area contributed by atoms with E-state index in [1.807, 2.05) is 0 Å². The Morgan fingerprint density at radius 1 is 1.38 bits per heavy atom. The minimum Gasteiger partial charge on any atom is -0.299 e. The molecule has 0 spiro atoms. The van der Waals surface area contributed by atoms with Gasteiger partial charge in [0.05, 0.1) is 22.7 Å². The number of hydrogen-bond acceptors (Lipinski definition) is 7. The van der Waals surface area contributed by atoms with Crippen LogP contribution in [0.2, 0.25) is 4.34 Å². The van der Waals surface area contributed by atoms with Crippen molar-refractivity contribution in [3.05, 3.63) is 43.9 Å². The summed E-state index contributed by atoms with van der Waals surface area (Å²) < 4.78 is 3.97. The van der Waals surface area contributed by atoms with Gasteiger partial charge in [-0.1, -0.05) is 16.1 Å². The molecule has 0 bridgehead atoms. The largest absolute Gasteiger partial charge is 0.299 e. The van der Waals surface area contributed by atoms with Gasteiger partial charge in [-0.2, -0.15) is 0 Å². The monoisotopic (exact) mass is 324 g/mol. The number of carbonyl (C=O) groups excluding carboxylic acids is 2. The standard InChI is InChI=1S/C11H5ClN4O4S/c12-10-7(13-14-21-10)4-15-8-2-1-5(16(19)20)3-6(8)9(17)11(15)18/h1-3H,4H2. The summed E-state index contributed by atoms with van der Waals surface area (Å²) in [6.07, 6.45) is 0. The maximum atomic E-state index is 12.0. The lowest BCUT2D eigenvalue weighted by Gasteiger charge is -2.14. The Balaban J connectivity index is 2.02. The summed E-state index contributed by atoms with van der Waals surface area (Å²) in [6.45, 7) is -0.00921. The molecule has 1 amide bonds. The summed E-state index contributed by atoms with van der Waals surface area (Å²) in [5.74, 6) is -1.55. The van der Waals surface area contributed by atoms with E-state index >= 15 is 0 Å². The number of aromatic nitrogens is 2. The molecular formula is C11H5ClN4O4S. The van der Waals surface area contributed by atoms with Gasteiger partial charge in [0.1, 0.15) is 10.0 Å². The third-order valence-electron chi connectivity index (χ3n) is 2.98. The quantitative estimate of drug-likeness (QED) is 0.484. The number of hydrogen-bond donors (Lipinski definition) is 0. The fraction of sp³-hybridized carbons (Fsp3) is 0.0909. The first-order chi connectivity index (χ1) is 9.99. The molecule has 0 aliphatic carbocycles. The van der Waals surface area contributed by atoms with E-state index < -0.39 is 16.6 Å². The highest BCUT2D eigenvalue weighted by Gasteiger charge is 2.37. The molecule has 2 heterocycles. The molecule has 0 atom stereocenters. The molecule has 0 fully saturated rings. The Bertz CT molecular complexity index is 790. The molecule has 0 unspecified atom stereocenters. The normalized spacial score (nSPS) is 13.7. The van der Waals surface area contributed by atoms with Crippen molar-refractivity contribution in [3.63, 3.8) is 0 Å². The number of nitrogens with zero attached hydrogens (tertiary/aromatic N) is 4. The number of ketones is 1. The first-order valence-corrected chi connectivity index (χ1v) is 6.75.